The van der Waals surface area contributed by atoms with Gasteiger partial charge < -0.3 is 4.74 Å². The molecule has 0 fully saturated rings. The molecule has 0 saturated heterocycles. The monoisotopic (exact) mass is 370 g/mol. The van der Waals surface area contributed by atoms with Crippen molar-refractivity contribution in [3.63, 3.8) is 0 Å². The van der Waals surface area contributed by atoms with Crippen LogP contribution in [0.3, 0.4) is 0 Å². The number of esters is 1. The lowest BCUT2D eigenvalue weighted by Gasteiger charge is -2.10. The van der Waals surface area contributed by atoms with Gasteiger partial charge in [-0.2, -0.15) is 0 Å². The summed E-state index contributed by atoms with van der Waals surface area (Å²) in [7, 11) is 0. The quantitative estimate of drug-likeness (QED) is 0.378. The van der Waals surface area contributed by atoms with E-state index < -0.39 is 10.9 Å². The van der Waals surface area contributed by atoms with E-state index in [2.05, 4.69) is 4.98 Å². The maximum absolute atomic E-state index is 12.1. The highest BCUT2D eigenvalue weighted by Gasteiger charge is 2.17. The minimum Gasteiger partial charge on any atom is -0.459 e. The van der Waals surface area contributed by atoms with Crippen LogP contribution in [0.4, 0.5) is 5.69 Å². The fraction of sp³-hybridized carbons (Fsp3) is 0.158. The third-order valence-electron chi connectivity index (χ3n) is 4.04. The average molecular weight is 371 g/mol. The first kappa shape index (κ1) is 17.8. The molecule has 132 valence electrons. The number of benzene rings is 2. The molecule has 0 atom stereocenters. The molecule has 6 nitrogen and oxygen atoms in total. The number of nitrogens with zero attached hydrogens (tertiary/aromatic N) is 2. The van der Waals surface area contributed by atoms with Gasteiger partial charge in [0.15, 0.2) is 0 Å². The van der Waals surface area contributed by atoms with E-state index in [1.165, 1.54) is 12.1 Å². The van der Waals surface area contributed by atoms with Crippen LogP contribution in [0, 0.1) is 17.0 Å². The highest BCUT2D eigenvalue weighted by Crippen LogP contribution is 2.27. The Morgan fingerprint density at radius 2 is 1.88 bits per heavy atom. The third-order valence-corrected chi connectivity index (χ3v) is 4.54. The number of aryl methyl sites for hydroxylation is 1. The number of hydrogen-bond acceptors (Lipinski definition) is 5. The number of carbonyl (C=O) groups is 1. The van der Waals surface area contributed by atoms with Crippen molar-refractivity contribution in [2.24, 2.45) is 0 Å². The Bertz CT molecular complexity index is 1000. The van der Waals surface area contributed by atoms with Crippen molar-refractivity contribution in [2.75, 3.05) is 0 Å². The maximum atomic E-state index is 12.1. The van der Waals surface area contributed by atoms with Gasteiger partial charge in [0.25, 0.3) is 5.69 Å². The average Bonchev–Trinajstić information content (AvgIpc) is 2.64. The molecule has 0 aliphatic carbocycles. The summed E-state index contributed by atoms with van der Waals surface area (Å²) in [4.78, 5) is 27.0. The van der Waals surface area contributed by atoms with Crippen molar-refractivity contribution in [1.29, 1.82) is 0 Å². The summed E-state index contributed by atoms with van der Waals surface area (Å²) in [5.41, 5.74) is 2.28. The third kappa shape index (κ3) is 3.65. The minimum absolute atomic E-state index is 0.0933. The summed E-state index contributed by atoms with van der Waals surface area (Å²) in [6, 6.07) is 13.6. The van der Waals surface area contributed by atoms with Crippen LogP contribution in [-0.2, 0) is 22.6 Å². The zero-order valence-electron chi connectivity index (χ0n) is 13.9. The fourth-order valence-electron chi connectivity index (χ4n) is 2.71. The number of rotatable bonds is 5. The molecule has 0 bridgehead atoms. The predicted molar refractivity (Wildman–Crippen MR) is 98.1 cm³/mol. The lowest BCUT2D eigenvalue weighted by atomic mass is 10.1. The number of hydrogen-bond donors (Lipinski definition) is 0. The number of halogens is 1. The van der Waals surface area contributed by atoms with Gasteiger partial charge in [0.05, 0.1) is 27.6 Å². The van der Waals surface area contributed by atoms with Gasteiger partial charge in [0.1, 0.15) is 6.61 Å². The molecule has 0 radical (unpaired) electrons. The van der Waals surface area contributed by atoms with Crippen LogP contribution in [-0.4, -0.2) is 15.9 Å². The van der Waals surface area contributed by atoms with E-state index in [0.29, 0.717) is 16.3 Å². The number of para-hydroxylation sites is 2. The molecule has 3 rings (SSSR count). The molecule has 0 aliphatic rings. The van der Waals surface area contributed by atoms with Crippen molar-refractivity contribution in [3.05, 3.63) is 80.5 Å². The molecule has 3 aromatic rings. The van der Waals surface area contributed by atoms with Crippen molar-refractivity contribution in [3.8, 4) is 0 Å². The summed E-state index contributed by atoms with van der Waals surface area (Å²) in [6.07, 6.45) is -0.193. The predicted octanol–water partition coefficient (Wildman–Crippen LogP) is 4.39. The normalized spacial score (nSPS) is 10.7. The van der Waals surface area contributed by atoms with Gasteiger partial charge >= 0.3 is 5.97 Å². The largest absolute Gasteiger partial charge is 0.459 e. The van der Waals surface area contributed by atoms with Crippen LogP contribution >= 0.6 is 11.6 Å². The zero-order chi connectivity index (χ0) is 18.7. The van der Waals surface area contributed by atoms with Gasteiger partial charge in [0.2, 0.25) is 0 Å². The van der Waals surface area contributed by atoms with E-state index in [9.17, 15) is 14.9 Å². The highest BCUT2D eigenvalue weighted by atomic mass is 35.5. The second-order valence-corrected chi connectivity index (χ2v) is 6.12. The summed E-state index contributed by atoms with van der Waals surface area (Å²) in [6.45, 7) is 1.79. The summed E-state index contributed by atoms with van der Waals surface area (Å²) in [5.74, 6) is -0.581. The number of ether oxygens (including phenoxy) is 1. The van der Waals surface area contributed by atoms with Crippen molar-refractivity contribution in [2.45, 2.75) is 20.0 Å². The number of nitro groups is 1. The first-order chi connectivity index (χ1) is 12.5. The number of nitro benzene ring substituents is 1. The molecule has 0 N–H and O–H groups in total. The van der Waals surface area contributed by atoms with E-state index in [1.54, 1.807) is 12.1 Å². The number of pyridine rings is 1. The molecule has 0 unspecified atom stereocenters. The summed E-state index contributed by atoms with van der Waals surface area (Å²) >= 11 is 6.34. The van der Waals surface area contributed by atoms with Crippen LogP contribution in [0.2, 0.25) is 5.02 Å². The van der Waals surface area contributed by atoms with Gasteiger partial charge in [-0.15, -0.1) is 0 Å². The van der Waals surface area contributed by atoms with Crippen LogP contribution in [0.15, 0.2) is 48.5 Å². The molecule has 1 heterocycles. The Kier molecular flexibility index (Phi) is 5.14. The van der Waals surface area contributed by atoms with Crippen LogP contribution in [0.5, 0.6) is 0 Å². The van der Waals surface area contributed by atoms with Gasteiger partial charge in [-0.25, -0.2) is 4.98 Å². The van der Waals surface area contributed by atoms with Crippen molar-refractivity contribution in [1.82, 2.24) is 4.98 Å². The zero-order valence-corrected chi connectivity index (χ0v) is 14.7. The number of fused-ring (bicyclic) bond motifs is 1. The fourth-order valence-corrected chi connectivity index (χ4v) is 2.91. The van der Waals surface area contributed by atoms with Crippen LogP contribution in [0.25, 0.3) is 10.9 Å². The Balaban J connectivity index is 1.75. The molecule has 7 heteroatoms. The van der Waals surface area contributed by atoms with Gasteiger partial charge in [0, 0.05) is 17.0 Å². The summed E-state index contributed by atoms with van der Waals surface area (Å²) in [5, 5.41) is 12.4. The summed E-state index contributed by atoms with van der Waals surface area (Å²) < 4.78 is 5.24. The van der Waals surface area contributed by atoms with E-state index in [1.807, 2.05) is 31.2 Å². The second-order valence-electron chi connectivity index (χ2n) is 5.74. The minimum atomic E-state index is -0.581. The molecular formula is C19H15ClN2O4. The Morgan fingerprint density at radius 3 is 2.65 bits per heavy atom. The Morgan fingerprint density at radius 1 is 1.19 bits per heavy atom. The first-order valence-corrected chi connectivity index (χ1v) is 8.27. The van der Waals surface area contributed by atoms with Crippen molar-refractivity contribution >= 4 is 34.2 Å². The lowest BCUT2D eigenvalue weighted by molar-refractivity contribution is -0.385. The number of aromatic nitrogens is 1. The van der Waals surface area contributed by atoms with Gasteiger partial charge in [-0.1, -0.05) is 48.0 Å². The molecule has 0 saturated carbocycles. The standard InChI is InChI=1S/C19H15ClN2O4/c1-12-14-7-3-4-8-15(14)21-16(19(12)20)11-26-18(23)10-13-6-2-5-9-17(13)22(24)25/h2-9H,10-11H2,1H3. The second kappa shape index (κ2) is 7.49. The molecule has 1 aromatic heterocycles. The van der Waals surface area contributed by atoms with E-state index >= 15 is 0 Å². The van der Waals surface area contributed by atoms with Gasteiger partial charge in [-0.05, 0) is 18.6 Å². The van der Waals surface area contributed by atoms with Gasteiger partial charge in [-0.3, -0.25) is 14.9 Å². The maximum Gasteiger partial charge on any atom is 0.310 e. The highest BCUT2D eigenvalue weighted by molar-refractivity contribution is 6.32. The molecule has 0 aliphatic heterocycles. The van der Waals surface area contributed by atoms with E-state index in [-0.39, 0.29) is 18.7 Å². The molecular weight excluding hydrogens is 356 g/mol. The topological polar surface area (TPSA) is 82.3 Å². The lowest BCUT2D eigenvalue weighted by Crippen LogP contribution is -2.10. The molecule has 0 amide bonds. The smallest absolute Gasteiger partial charge is 0.310 e. The van der Waals surface area contributed by atoms with Crippen LogP contribution < -0.4 is 0 Å². The van der Waals surface area contributed by atoms with E-state index in [4.69, 9.17) is 16.3 Å². The molecule has 26 heavy (non-hydrogen) atoms. The van der Waals surface area contributed by atoms with E-state index in [0.717, 1.165) is 16.5 Å². The number of carbonyl (C=O) groups excluding carboxylic acids is 1. The van der Waals surface area contributed by atoms with Crippen LogP contribution in [0.1, 0.15) is 16.8 Å². The molecule has 0 spiro atoms. The van der Waals surface area contributed by atoms with Crippen molar-refractivity contribution < 1.29 is 14.5 Å². The Labute approximate surface area is 154 Å². The Hall–Kier alpha value is -2.99. The molecule has 2 aromatic carbocycles. The SMILES string of the molecule is Cc1c(Cl)c(COC(=O)Cc2ccccc2[N+](=O)[O-])nc2ccccc12. The first-order valence-electron chi connectivity index (χ1n) is 7.89.